The SMILES string of the molecule is CCn1cc(C(=O)[O-])c(=O)c([N+](=O)[O-])c1-c1ccccc1. The standard InChI is InChI=1S/C14H12N2O5/c1-2-15-8-10(14(18)19)13(17)12(16(20)21)11(15)9-6-4-3-5-7-9/h3-8H,2H2,1H3,(H,18,19)/p-1. The lowest BCUT2D eigenvalue weighted by molar-refractivity contribution is -0.385. The molecule has 0 aliphatic rings. The number of pyridine rings is 1. The van der Waals surface area contributed by atoms with E-state index in [1.54, 1.807) is 37.3 Å². The summed E-state index contributed by atoms with van der Waals surface area (Å²) < 4.78 is 1.36. The van der Waals surface area contributed by atoms with Gasteiger partial charge in [-0.2, -0.15) is 0 Å². The van der Waals surface area contributed by atoms with E-state index in [0.717, 1.165) is 6.20 Å². The van der Waals surface area contributed by atoms with Gasteiger partial charge < -0.3 is 14.5 Å². The number of carbonyl (C=O) groups is 1. The van der Waals surface area contributed by atoms with Crippen molar-refractivity contribution in [1.29, 1.82) is 0 Å². The van der Waals surface area contributed by atoms with Crippen LogP contribution in [0.2, 0.25) is 0 Å². The van der Waals surface area contributed by atoms with Crippen LogP contribution in [0.1, 0.15) is 17.3 Å². The van der Waals surface area contributed by atoms with Crippen LogP contribution >= 0.6 is 0 Å². The summed E-state index contributed by atoms with van der Waals surface area (Å²) in [6.07, 6.45) is 1.08. The molecule has 1 aromatic carbocycles. The van der Waals surface area contributed by atoms with Crippen LogP contribution in [0.5, 0.6) is 0 Å². The summed E-state index contributed by atoms with van der Waals surface area (Å²) in [5, 5.41) is 22.2. The van der Waals surface area contributed by atoms with E-state index in [2.05, 4.69) is 0 Å². The van der Waals surface area contributed by atoms with Crippen molar-refractivity contribution in [2.45, 2.75) is 13.5 Å². The van der Waals surface area contributed by atoms with Gasteiger partial charge >= 0.3 is 5.69 Å². The highest BCUT2D eigenvalue weighted by Crippen LogP contribution is 2.27. The largest absolute Gasteiger partial charge is 0.545 e. The average Bonchev–Trinajstić information content (AvgIpc) is 2.46. The summed E-state index contributed by atoms with van der Waals surface area (Å²) in [5.41, 5.74) is -2.08. The lowest BCUT2D eigenvalue weighted by Crippen LogP contribution is -2.31. The average molecular weight is 287 g/mol. The predicted octanol–water partition coefficient (Wildman–Crippen LogP) is 0.807. The number of aromatic nitrogens is 1. The number of nitro groups is 1. The van der Waals surface area contributed by atoms with Crippen LogP contribution in [0, 0.1) is 10.1 Å². The third-order valence-electron chi connectivity index (χ3n) is 3.05. The number of hydrogen-bond acceptors (Lipinski definition) is 5. The molecule has 0 fully saturated rings. The van der Waals surface area contributed by atoms with Gasteiger partial charge in [-0.1, -0.05) is 30.3 Å². The highest BCUT2D eigenvalue weighted by molar-refractivity contribution is 5.87. The minimum Gasteiger partial charge on any atom is -0.545 e. The Labute approximate surface area is 119 Å². The Morgan fingerprint density at radius 3 is 2.38 bits per heavy atom. The van der Waals surface area contributed by atoms with Gasteiger partial charge in [0, 0.05) is 18.3 Å². The van der Waals surface area contributed by atoms with Crippen molar-refractivity contribution >= 4 is 11.7 Å². The number of carbonyl (C=O) groups excluding carboxylic acids is 1. The van der Waals surface area contributed by atoms with Crippen molar-refractivity contribution < 1.29 is 14.8 Å². The summed E-state index contributed by atoms with van der Waals surface area (Å²) >= 11 is 0. The van der Waals surface area contributed by atoms with Crippen molar-refractivity contribution in [3.63, 3.8) is 0 Å². The van der Waals surface area contributed by atoms with Crippen LogP contribution in [0.15, 0.2) is 41.3 Å². The molecular formula is C14H11N2O5-. The molecule has 0 aliphatic heterocycles. The first-order valence-corrected chi connectivity index (χ1v) is 6.16. The molecule has 2 aromatic rings. The van der Waals surface area contributed by atoms with Crippen LogP contribution in [0.4, 0.5) is 5.69 Å². The molecule has 0 amide bonds. The zero-order chi connectivity index (χ0) is 15.6. The maximum atomic E-state index is 12.0. The van der Waals surface area contributed by atoms with Crippen molar-refractivity contribution in [3.8, 4) is 11.3 Å². The van der Waals surface area contributed by atoms with Crippen LogP contribution in [0.25, 0.3) is 11.3 Å². The predicted molar refractivity (Wildman–Crippen MR) is 72.8 cm³/mol. The molecule has 0 unspecified atom stereocenters. The van der Waals surface area contributed by atoms with Crippen LogP contribution in [-0.4, -0.2) is 15.5 Å². The fourth-order valence-electron chi connectivity index (χ4n) is 2.11. The Kier molecular flexibility index (Phi) is 3.84. The maximum absolute atomic E-state index is 12.0. The summed E-state index contributed by atoms with van der Waals surface area (Å²) in [7, 11) is 0. The number of carboxylic acid groups (broad SMARTS) is 1. The van der Waals surface area contributed by atoms with Gasteiger partial charge in [0.15, 0.2) is 0 Å². The number of aryl methyl sites for hydroxylation is 1. The van der Waals surface area contributed by atoms with Gasteiger partial charge in [0.1, 0.15) is 5.69 Å². The fraction of sp³-hybridized carbons (Fsp3) is 0.143. The second-order valence-corrected chi connectivity index (χ2v) is 4.27. The Morgan fingerprint density at radius 2 is 1.90 bits per heavy atom. The molecule has 0 saturated carbocycles. The molecule has 7 heteroatoms. The third kappa shape index (κ3) is 2.53. The molecule has 0 bridgehead atoms. The minimum atomic E-state index is -1.73. The van der Waals surface area contributed by atoms with Gasteiger partial charge in [-0.25, -0.2) is 0 Å². The molecule has 0 aliphatic carbocycles. The minimum absolute atomic E-state index is 0.0816. The van der Waals surface area contributed by atoms with Gasteiger partial charge in [-0.05, 0) is 6.92 Å². The van der Waals surface area contributed by atoms with Gasteiger partial charge in [-0.3, -0.25) is 14.9 Å². The number of carboxylic acids is 1. The van der Waals surface area contributed by atoms with Crippen molar-refractivity contribution in [2.24, 2.45) is 0 Å². The van der Waals surface area contributed by atoms with Gasteiger partial charge in [-0.15, -0.1) is 0 Å². The summed E-state index contributed by atoms with van der Waals surface area (Å²) in [4.78, 5) is 33.4. The van der Waals surface area contributed by atoms with E-state index in [1.165, 1.54) is 4.57 Å². The molecule has 0 radical (unpaired) electrons. The Hall–Kier alpha value is -2.96. The summed E-state index contributed by atoms with van der Waals surface area (Å²) in [6.45, 7) is 1.96. The zero-order valence-electron chi connectivity index (χ0n) is 11.1. The molecule has 2 rings (SSSR count). The van der Waals surface area contributed by atoms with Crippen molar-refractivity contribution in [2.75, 3.05) is 0 Å². The fourth-order valence-corrected chi connectivity index (χ4v) is 2.11. The summed E-state index contributed by atoms with van der Waals surface area (Å²) in [5.74, 6) is -1.73. The number of benzene rings is 1. The Bertz CT molecular complexity index is 765. The van der Waals surface area contributed by atoms with Gasteiger partial charge in [0.05, 0.1) is 16.5 Å². The second-order valence-electron chi connectivity index (χ2n) is 4.27. The first kappa shape index (κ1) is 14.4. The van der Waals surface area contributed by atoms with E-state index in [9.17, 15) is 24.8 Å². The Morgan fingerprint density at radius 1 is 1.29 bits per heavy atom. The molecule has 1 aromatic heterocycles. The first-order chi connectivity index (χ1) is 9.97. The monoisotopic (exact) mass is 287 g/mol. The number of rotatable bonds is 4. The van der Waals surface area contributed by atoms with Gasteiger partial charge in [0.2, 0.25) is 0 Å². The number of aromatic carboxylic acids is 1. The molecule has 7 nitrogen and oxygen atoms in total. The quantitative estimate of drug-likeness (QED) is 0.611. The maximum Gasteiger partial charge on any atom is 0.341 e. The number of hydrogen-bond donors (Lipinski definition) is 0. The zero-order valence-corrected chi connectivity index (χ0v) is 11.1. The first-order valence-electron chi connectivity index (χ1n) is 6.16. The smallest absolute Gasteiger partial charge is 0.341 e. The molecule has 108 valence electrons. The highest BCUT2D eigenvalue weighted by atomic mass is 16.6. The molecular weight excluding hydrogens is 276 g/mol. The van der Waals surface area contributed by atoms with Crippen molar-refractivity contribution in [1.82, 2.24) is 4.57 Å². The van der Waals surface area contributed by atoms with Crippen LogP contribution < -0.4 is 10.5 Å². The Balaban J connectivity index is 2.92. The lowest BCUT2D eigenvalue weighted by Gasteiger charge is -2.14. The lowest BCUT2D eigenvalue weighted by atomic mass is 10.1. The van der Waals surface area contributed by atoms with E-state index in [-0.39, 0.29) is 12.2 Å². The van der Waals surface area contributed by atoms with E-state index in [4.69, 9.17) is 0 Å². The van der Waals surface area contributed by atoms with Gasteiger partial charge in [0.25, 0.3) is 5.43 Å². The van der Waals surface area contributed by atoms with E-state index in [1.807, 2.05) is 0 Å². The topological polar surface area (TPSA) is 105 Å². The molecule has 21 heavy (non-hydrogen) atoms. The van der Waals surface area contributed by atoms with E-state index < -0.39 is 27.6 Å². The molecule has 0 saturated heterocycles. The van der Waals surface area contributed by atoms with Crippen LogP contribution in [-0.2, 0) is 6.54 Å². The second kappa shape index (κ2) is 5.58. The highest BCUT2D eigenvalue weighted by Gasteiger charge is 2.26. The van der Waals surface area contributed by atoms with E-state index >= 15 is 0 Å². The molecule has 1 heterocycles. The normalized spacial score (nSPS) is 10.3. The number of nitrogens with zero attached hydrogens (tertiary/aromatic N) is 2. The molecule has 0 atom stereocenters. The van der Waals surface area contributed by atoms with Crippen molar-refractivity contribution in [3.05, 3.63) is 62.4 Å². The third-order valence-corrected chi connectivity index (χ3v) is 3.05. The molecule has 0 N–H and O–H groups in total. The van der Waals surface area contributed by atoms with E-state index in [0.29, 0.717) is 5.56 Å². The molecule has 0 spiro atoms. The summed E-state index contributed by atoms with van der Waals surface area (Å²) in [6, 6.07) is 8.32. The van der Waals surface area contributed by atoms with Crippen LogP contribution in [0.3, 0.4) is 0 Å².